The van der Waals surface area contributed by atoms with Crippen LogP contribution in [-0.2, 0) is 6.54 Å². The molecule has 4 heterocycles. The van der Waals surface area contributed by atoms with Gasteiger partial charge in [-0.15, -0.1) is 0 Å². The molecule has 4 aromatic heterocycles. The molecule has 120 valence electrons. The maximum Gasteiger partial charge on any atom is 0.294 e. The van der Waals surface area contributed by atoms with Crippen molar-refractivity contribution in [1.29, 1.82) is 0 Å². The van der Waals surface area contributed by atoms with E-state index in [0.29, 0.717) is 24.2 Å². The van der Waals surface area contributed by atoms with E-state index in [2.05, 4.69) is 5.32 Å². The second-order valence-corrected chi connectivity index (χ2v) is 5.54. The third kappa shape index (κ3) is 2.48. The van der Waals surface area contributed by atoms with Gasteiger partial charge >= 0.3 is 0 Å². The molecule has 0 aliphatic carbocycles. The Bertz CT molecular complexity index is 1050. The second kappa shape index (κ2) is 5.73. The van der Waals surface area contributed by atoms with Crippen LogP contribution >= 0.6 is 0 Å². The maximum atomic E-state index is 12.2. The van der Waals surface area contributed by atoms with Gasteiger partial charge in [0.2, 0.25) is 0 Å². The zero-order valence-electron chi connectivity index (χ0n) is 12.8. The minimum atomic E-state index is -0.193. The second-order valence-electron chi connectivity index (χ2n) is 5.54. The first-order valence-corrected chi connectivity index (χ1v) is 7.64. The third-order valence-corrected chi connectivity index (χ3v) is 3.99. The molecule has 6 nitrogen and oxygen atoms in total. The number of hydrogen-bond acceptors (Lipinski definition) is 3. The Hall–Kier alpha value is -3.28. The van der Waals surface area contributed by atoms with Crippen LogP contribution in [0.2, 0.25) is 0 Å². The molecule has 0 fully saturated rings. The van der Waals surface area contributed by atoms with Crippen LogP contribution in [0.15, 0.2) is 70.5 Å². The van der Waals surface area contributed by atoms with E-state index >= 15 is 0 Å². The average molecular weight is 321 g/mol. The van der Waals surface area contributed by atoms with Crippen LogP contribution in [0, 0.1) is 0 Å². The zero-order valence-corrected chi connectivity index (χ0v) is 12.8. The van der Waals surface area contributed by atoms with Crippen LogP contribution in [0.3, 0.4) is 0 Å². The van der Waals surface area contributed by atoms with Gasteiger partial charge in [-0.25, -0.2) is 0 Å². The van der Waals surface area contributed by atoms with E-state index in [0.717, 1.165) is 10.9 Å². The first kappa shape index (κ1) is 14.3. The molecule has 0 aromatic carbocycles. The Morgan fingerprint density at radius 2 is 2.08 bits per heavy atom. The molecule has 4 rings (SSSR count). The number of fused-ring (bicyclic) bond motifs is 2. The average Bonchev–Trinajstić information content (AvgIpc) is 3.23. The van der Waals surface area contributed by atoms with Gasteiger partial charge in [-0.05, 0) is 30.3 Å². The summed E-state index contributed by atoms with van der Waals surface area (Å²) in [6.45, 7) is 0.742. The van der Waals surface area contributed by atoms with Crippen molar-refractivity contribution in [1.82, 2.24) is 14.3 Å². The Balaban J connectivity index is 1.45. The fourth-order valence-corrected chi connectivity index (χ4v) is 2.74. The monoisotopic (exact) mass is 321 g/mol. The lowest BCUT2D eigenvalue weighted by Crippen LogP contribution is -2.30. The fraction of sp³-hybridized carbons (Fsp3) is 0.111. The predicted molar refractivity (Wildman–Crippen MR) is 90.2 cm³/mol. The van der Waals surface area contributed by atoms with E-state index in [1.54, 1.807) is 18.5 Å². The van der Waals surface area contributed by atoms with Gasteiger partial charge in [0.05, 0.1) is 11.8 Å². The van der Waals surface area contributed by atoms with Gasteiger partial charge in [0.15, 0.2) is 5.58 Å². The van der Waals surface area contributed by atoms with Crippen LogP contribution < -0.4 is 10.9 Å². The highest BCUT2D eigenvalue weighted by molar-refractivity contribution is 5.95. The molecule has 4 aromatic rings. The number of nitrogens with one attached hydrogen (secondary N) is 1. The molecule has 0 saturated heterocycles. The van der Waals surface area contributed by atoms with Crippen LogP contribution in [0.1, 0.15) is 10.4 Å². The minimum absolute atomic E-state index is 0.161. The molecule has 0 aliphatic heterocycles. The van der Waals surface area contributed by atoms with Crippen molar-refractivity contribution >= 4 is 22.4 Å². The number of rotatable bonds is 4. The minimum Gasteiger partial charge on any atom is -0.459 e. The first-order valence-electron chi connectivity index (χ1n) is 7.64. The molecular formula is C18H15N3O3. The lowest BCUT2D eigenvalue weighted by atomic mass is 10.3. The highest BCUT2D eigenvalue weighted by atomic mass is 16.3. The number of furan rings is 1. The number of carbonyl (C=O) groups is 1. The van der Waals surface area contributed by atoms with Crippen molar-refractivity contribution in [2.75, 3.05) is 6.54 Å². The van der Waals surface area contributed by atoms with Gasteiger partial charge in [-0.1, -0.05) is 6.07 Å². The largest absolute Gasteiger partial charge is 0.459 e. The molecule has 0 spiro atoms. The number of amides is 1. The summed E-state index contributed by atoms with van der Waals surface area (Å²) in [6.07, 6.45) is 6.88. The van der Waals surface area contributed by atoms with Crippen LogP contribution in [0.25, 0.3) is 16.5 Å². The summed E-state index contributed by atoms with van der Waals surface area (Å²) in [7, 11) is 0. The van der Waals surface area contributed by atoms with E-state index in [9.17, 15) is 9.59 Å². The van der Waals surface area contributed by atoms with E-state index in [1.807, 2.05) is 40.9 Å². The van der Waals surface area contributed by atoms with Crippen molar-refractivity contribution in [2.45, 2.75) is 6.54 Å². The number of nitrogens with zero attached hydrogens (tertiary/aromatic N) is 2. The van der Waals surface area contributed by atoms with Crippen molar-refractivity contribution in [3.05, 3.63) is 77.2 Å². The van der Waals surface area contributed by atoms with Crippen molar-refractivity contribution in [2.24, 2.45) is 0 Å². The Kier molecular flexibility index (Phi) is 3.42. The lowest BCUT2D eigenvalue weighted by molar-refractivity contribution is 0.0952. The maximum absolute atomic E-state index is 12.2. The fourth-order valence-electron chi connectivity index (χ4n) is 2.74. The molecule has 0 saturated carbocycles. The summed E-state index contributed by atoms with van der Waals surface area (Å²) in [5.41, 5.74) is 1.70. The third-order valence-electron chi connectivity index (χ3n) is 3.99. The smallest absolute Gasteiger partial charge is 0.294 e. The van der Waals surface area contributed by atoms with Gasteiger partial charge in [0.25, 0.3) is 11.5 Å². The standard InChI is InChI=1S/C18H15N3O3/c22-17(14-11-15-3-1-2-7-21(15)12-14)19-6-9-20-8-4-13-5-10-24-16(13)18(20)23/h1-5,7-8,10-12H,6,9H2,(H,19,22). The van der Waals surface area contributed by atoms with Gasteiger partial charge in [0, 0.05) is 42.6 Å². The normalized spacial score (nSPS) is 11.2. The first-order chi connectivity index (χ1) is 11.7. The summed E-state index contributed by atoms with van der Waals surface area (Å²) in [6, 6.07) is 11.2. The Labute approximate surface area is 136 Å². The Morgan fingerprint density at radius 1 is 1.17 bits per heavy atom. The van der Waals surface area contributed by atoms with Crippen molar-refractivity contribution in [3.8, 4) is 0 Å². The highest BCUT2D eigenvalue weighted by Gasteiger charge is 2.09. The molecule has 0 radical (unpaired) electrons. The van der Waals surface area contributed by atoms with Crippen LogP contribution in [-0.4, -0.2) is 21.4 Å². The molecule has 0 atom stereocenters. The van der Waals surface area contributed by atoms with Gasteiger partial charge < -0.3 is 18.7 Å². The number of hydrogen-bond donors (Lipinski definition) is 1. The van der Waals surface area contributed by atoms with E-state index in [4.69, 9.17) is 4.42 Å². The van der Waals surface area contributed by atoms with E-state index < -0.39 is 0 Å². The van der Waals surface area contributed by atoms with Crippen LogP contribution in [0.4, 0.5) is 0 Å². The van der Waals surface area contributed by atoms with E-state index in [-0.39, 0.29) is 11.5 Å². The number of pyridine rings is 2. The van der Waals surface area contributed by atoms with Crippen molar-refractivity contribution < 1.29 is 9.21 Å². The Morgan fingerprint density at radius 3 is 2.96 bits per heavy atom. The van der Waals surface area contributed by atoms with Crippen molar-refractivity contribution in [3.63, 3.8) is 0 Å². The summed E-state index contributed by atoms with van der Waals surface area (Å²) >= 11 is 0. The molecule has 1 N–H and O–H groups in total. The number of aromatic nitrogens is 2. The quantitative estimate of drug-likeness (QED) is 0.627. The molecule has 6 heteroatoms. The topological polar surface area (TPSA) is 68.7 Å². The van der Waals surface area contributed by atoms with Gasteiger partial charge in [-0.3, -0.25) is 9.59 Å². The lowest BCUT2D eigenvalue weighted by Gasteiger charge is -2.06. The summed E-state index contributed by atoms with van der Waals surface area (Å²) in [5, 5.41) is 3.61. The molecule has 0 aliphatic rings. The highest BCUT2D eigenvalue weighted by Crippen LogP contribution is 2.10. The number of carbonyl (C=O) groups excluding carboxylic acids is 1. The van der Waals surface area contributed by atoms with Crippen LogP contribution in [0.5, 0.6) is 0 Å². The predicted octanol–water partition coefficient (Wildman–Crippen LogP) is 2.28. The molecule has 0 unspecified atom stereocenters. The van der Waals surface area contributed by atoms with Gasteiger partial charge in [-0.2, -0.15) is 0 Å². The molecule has 1 amide bonds. The summed E-state index contributed by atoms with van der Waals surface area (Å²) in [5.74, 6) is -0.161. The molecule has 24 heavy (non-hydrogen) atoms. The SMILES string of the molecule is O=C(NCCn1ccc2ccoc2c1=O)c1cc2ccccn2c1. The van der Waals surface area contributed by atoms with E-state index in [1.165, 1.54) is 10.8 Å². The summed E-state index contributed by atoms with van der Waals surface area (Å²) in [4.78, 5) is 24.4. The van der Waals surface area contributed by atoms with Gasteiger partial charge in [0.1, 0.15) is 0 Å². The summed E-state index contributed by atoms with van der Waals surface area (Å²) < 4.78 is 8.62. The molecular weight excluding hydrogens is 306 g/mol. The zero-order chi connectivity index (χ0) is 16.5. The molecule has 0 bridgehead atoms.